The largest absolute Gasteiger partial charge is 0.367 e. The predicted molar refractivity (Wildman–Crippen MR) is 140 cm³/mol. The number of hydrogen-bond acceptors (Lipinski definition) is 5. The molecule has 0 aliphatic carbocycles. The van der Waals surface area contributed by atoms with E-state index in [-0.39, 0.29) is 23.8 Å². The molecule has 1 aromatic heterocycles. The summed E-state index contributed by atoms with van der Waals surface area (Å²) in [6.45, 7) is 3.71. The van der Waals surface area contributed by atoms with E-state index < -0.39 is 11.9 Å². The number of anilines is 1. The molecule has 3 aromatic rings. The molecule has 2 saturated heterocycles. The van der Waals surface area contributed by atoms with Crippen LogP contribution in [0.5, 0.6) is 0 Å². The molecule has 0 spiro atoms. The van der Waals surface area contributed by atoms with Crippen molar-refractivity contribution in [3.63, 3.8) is 0 Å². The number of carbonyl (C=O) groups is 2. The van der Waals surface area contributed by atoms with Crippen molar-refractivity contribution in [1.82, 2.24) is 19.4 Å². The molecular weight excluding hydrogens is 553 g/mol. The normalized spacial score (nSPS) is 19.2. The molecule has 2 aliphatic rings. The van der Waals surface area contributed by atoms with Crippen molar-refractivity contribution in [2.45, 2.75) is 25.3 Å². The number of halogens is 3. The number of nitrogens with one attached hydrogen (secondary N) is 1. The number of benzene rings is 2. The summed E-state index contributed by atoms with van der Waals surface area (Å²) >= 11 is 9.43. The average Bonchev–Trinajstić information content (AvgIpc) is 3.11. The van der Waals surface area contributed by atoms with Crippen LogP contribution in [-0.4, -0.2) is 58.6 Å². The monoisotopic (exact) mass is 577 g/mol. The first-order chi connectivity index (χ1) is 17.2. The number of nitrogens with zero attached hydrogens (tertiary/aromatic N) is 4. The number of aromatic nitrogens is 2. The molecule has 8 nitrogen and oxygen atoms in total. The summed E-state index contributed by atoms with van der Waals surface area (Å²) < 4.78 is 18.1. The van der Waals surface area contributed by atoms with Crippen LogP contribution < -0.4 is 15.9 Å². The average molecular weight is 579 g/mol. The second kappa shape index (κ2) is 9.99. The number of carbonyl (C=O) groups excluding carboxylic acids is 2. The van der Waals surface area contributed by atoms with Gasteiger partial charge >= 0.3 is 5.69 Å². The Morgan fingerprint density at radius 1 is 1.14 bits per heavy atom. The van der Waals surface area contributed by atoms with Gasteiger partial charge in [-0.25, -0.2) is 9.18 Å². The number of imide groups is 1. The van der Waals surface area contributed by atoms with Crippen LogP contribution in [-0.2, 0) is 23.1 Å². The summed E-state index contributed by atoms with van der Waals surface area (Å²) in [7, 11) is 1.72. The van der Waals surface area contributed by atoms with E-state index in [0.29, 0.717) is 40.2 Å². The molecule has 2 fully saturated rings. The minimum absolute atomic E-state index is 0.210. The molecule has 1 unspecified atom stereocenters. The molecular formula is C25H26BrClFN5O3. The van der Waals surface area contributed by atoms with E-state index in [1.807, 2.05) is 23.1 Å². The second-order valence-electron chi connectivity index (χ2n) is 9.26. The lowest BCUT2D eigenvalue weighted by Gasteiger charge is -2.36. The maximum absolute atomic E-state index is 14.5. The standard InChI is InChI=1S/C25H26BrClFN5O3/c1-30-23-15(3-2-4-19(23)33(25(30)36)20-5-6-22(34)29-24(20)35)7-8-31-9-11-32(12-10-31)21-14-17(27)16(26)13-18(21)28/h2-4,13-14,20H,5-12H2,1H3,(H,29,34,35). The van der Waals surface area contributed by atoms with Crippen LogP contribution in [0.4, 0.5) is 10.1 Å². The van der Waals surface area contributed by atoms with Gasteiger partial charge in [-0.05, 0) is 52.5 Å². The number of rotatable bonds is 5. The molecule has 3 heterocycles. The maximum atomic E-state index is 14.5. The first-order valence-electron chi connectivity index (χ1n) is 11.9. The highest BCUT2D eigenvalue weighted by atomic mass is 79.9. The zero-order chi connectivity index (χ0) is 25.6. The van der Waals surface area contributed by atoms with Gasteiger partial charge in [-0.3, -0.25) is 28.9 Å². The van der Waals surface area contributed by atoms with Gasteiger partial charge in [0.05, 0.1) is 21.7 Å². The van der Waals surface area contributed by atoms with Crippen LogP contribution in [0.1, 0.15) is 24.4 Å². The van der Waals surface area contributed by atoms with E-state index in [2.05, 4.69) is 26.1 Å². The number of fused-ring (bicyclic) bond motifs is 1. The van der Waals surface area contributed by atoms with Gasteiger partial charge in [0, 0.05) is 50.7 Å². The van der Waals surface area contributed by atoms with Crippen LogP contribution in [0.2, 0.25) is 5.02 Å². The molecule has 2 aromatic carbocycles. The summed E-state index contributed by atoms with van der Waals surface area (Å²) in [5.74, 6) is -1.04. The van der Waals surface area contributed by atoms with Gasteiger partial charge in [0.15, 0.2) is 0 Å². The fourth-order valence-corrected chi connectivity index (χ4v) is 5.67. The zero-order valence-corrected chi connectivity index (χ0v) is 22.1. The number of aryl methyl sites for hydroxylation is 1. The Labute approximate surface area is 220 Å². The topological polar surface area (TPSA) is 79.6 Å². The maximum Gasteiger partial charge on any atom is 0.329 e. The highest BCUT2D eigenvalue weighted by Gasteiger charge is 2.31. The highest BCUT2D eigenvalue weighted by Crippen LogP contribution is 2.31. The molecule has 1 atom stereocenters. The van der Waals surface area contributed by atoms with Crippen molar-refractivity contribution in [3.05, 3.63) is 61.7 Å². The lowest BCUT2D eigenvalue weighted by Crippen LogP contribution is -2.47. The molecule has 11 heteroatoms. The van der Waals surface area contributed by atoms with Crippen molar-refractivity contribution in [1.29, 1.82) is 0 Å². The summed E-state index contributed by atoms with van der Waals surface area (Å²) in [5, 5.41) is 2.83. The van der Waals surface area contributed by atoms with Crippen LogP contribution in [0.3, 0.4) is 0 Å². The Balaban J connectivity index is 1.30. The fourth-order valence-electron chi connectivity index (χ4n) is 5.20. The smallest absolute Gasteiger partial charge is 0.329 e. The van der Waals surface area contributed by atoms with Gasteiger partial charge in [0.1, 0.15) is 11.9 Å². The SMILES string of the molecule is Cn1c(=O)n(C2CCC(=O)NC2=O)c2cccc(CCN3CCN(c4cc(Cl)c(Br)cc4F)CC3)c21. The van der Waals surface area contributed by atoms with E-state index >= 15 is 0 Å². The van der Waals surface area contributed by atoms with Gasteiger partial charge < -0.3 is 4.90 Å². The van der Waals surface area contributed by atoms with E-state index in [0.717, 1.165) is 37.1 Å². The minimum Gasteiger partial charge on any atom is -0.367 e. The van der Waals surface area contributed by atoms with Crippen molar-refractivity contribution in [3.8, 4) is 0 Å². The fraction of sp³-hybridized carbons (Fsp3) is 0.400. The first-order valence-corrected chi connectivity index (χ1v) is 13.1. The molecule has 5 rings (SSSR count). The Hall–Kier alpha value is -2.69. The Morgan fingerprint density at radius 2 is 1.89 bits per heavy atom. The van der Waals surface area contributed by atoms with Crippen LogP contribution >= 0.6 is 27.5 Å². The molecule has 1 N–H and O–H groups in total. The zero-order valence-electron chi connectivity index (χ0n) is 19.8. The van der Waals surface area contributed by atoms with Gasteiger partial charge in [-0.2, -0.15) is 0 Å². The van der Waals surface area contributed by atoms with Gasteiger partial charge in [-0.1, -0.05) is 23.7 Å². The van der Waals surface area contributed by atoms with E-state index in [4.69, 9.17) is 11.6 Å². The minimum atomic E-state index is -0.699. The third-order valence-corrected chi connectivity index (χ3v) is 8.31. The number of piperazine rings is 1. The number of amides is 2. The van der Waals surface area contributed by atoms with E-state index in [1.54, 1.807) is 17.7 Å². The Morgan fingerprint density at radius 3 is 2.61 bits per heavy atom. The summed E-state index contributed by atoms with van der Waals surface area (Å²) in [6, 6.07) is 8.11. The first kappa shape index (κ1) is 25.0. The Kier molecular flexibility index (Phi) is 6.93. The van der Waals surface area contributed by atoms with Crippen LogP contribution in [0, 0.1) is 5.82 Å². The molecule has 36 heavy (non-hydrogen) atoms. The van der Waals surface area contributed by atoms with E-state index in [1.165, 1.54) is 10.6 Å². The van der Waals surface area contributed by atoms with Crippen LogP contribution in [0.25, 0.3) is 11.0 Å². The van der Waals surface area contributed by atoms with Crippen molar-refractivity contribution in [2.24, 2.45) is 7.05 Å². The second-order valence-corrected chi connectivity index (χ2v) is 10.5. The lowest BCUT2D eigenvalue weighted by molar-refractivity contribution is -0.135. The third-order valence-electron chi connectivity index (χ3n) is 7.11. The molecule has 0 radical (unpaired) electrons. The Bertz CT molecular complexity index is 1410. The van der Waals surface area contributed by atoms with Crippen molar-refractivity contribution < 1.29 is 14.0 Å². The summed E-state index contributed by atoms with van der Waals surface area (Å²) in [5.41, 5.74) is 2.76. The van der Waals surface area contributed by atoms with Gasteiger partial charge in [0.25, 0.3) is 0 Å². The third kappa shape index (κ3) is 4.57. The predicted octanol–water partition coefficient (Wildman–Crippen LogP) is 3.24. The van der Waals surface area contributed by atoms with Gasteiger partial charge in [-0.15, -0.1) is 0 Å². The van der Waals surface area contributed by atoms with Crippen molar-refractivity contribution >= 4 is 56.1 Å². The number of piperidine rings is 1. The van der Waals surface area contributed by atoms with Gasteiger partial charge in [0.2, 0.25) is 11.8 Å². The molecule has 2 amide bonds. The molecule has 190 valence electrons. The van der Waals surface area contributed by atoms with Crippen molar-refractivity contribution in [2.75, 3.05) is 37.6 Å². The molecule has 0 bridgehead atoms. The summed E-state index contributed by atoms with van der Waals surface area (Å²) in [4.78, 5) is 41.5. The van der Waals surface area contributed by atoms with Crippen LogP contribution in [0.15, 0.2) is 39.6 Å². The molecule has 0 saturated carbocycles. The highest BCUT2D eigenvalue weighted by molar-refractivity contribution is 9.10. The van der Waals surface area contributed by atoms with E-state index in [9.17, 15) is 18.8 Å². The number of imidazole rings is 1. The number of hydrogen-bond donors (Lipinski definition) is 1. The molecule has 2 aliphatic heterocycles. The quantitative estimate of drug-likeness (QED) is 0.372. The number of para-hydroxylation sites is 1. The summed E-state index contributed by atoms with van der Waals surface area (Å²) in [6.07, 6.45) is 1.24. The lowest BCUT2D eigenvalue weighted by atomic mass is 10.0.